The van der Waals surface area contributed by atoms with Gasteiger partial charge < -0.3 is 68.4 Å². The molecule has 5 N–H and O–H groups in total. The highest BCUT2D eigenvalue weighted by molar-refractivity contribution is 6.76. The average Bonchev–Trinajstić information content (AvgIpc) is 1.69. The van der Waals surface area contributed by atoms with Gasteiger partial charge in [-0.1, -0.05) is 26.2 Å². The second-order valence-electron chi connectivity index (χ2n) is 24.8. The van der Waals surface area contributed by atoms with E-state index in [0.717, 1.165) is 70.7 Å². The molecule has 0 unspecified atom stereocenters. The van der Waals surface area contributed by atoms with Gasteiger partial charge in [0.05, 0.1) is 12.9 Å². The molecule has 0 atom stereocenters. The summed E-state index contributed by atoms with van der Waals surface area (Å²) < 4.78 is 28.7. The Morgan fingerprint density at radius 3 is 1.54 bits per heavy atom. The first kappa shape index (κ1) is 72.0. The minimum absolute atomic E-state index is 0.0221. The maximum Gasteiger partial charge on any atom is 0.407 e. The Kier molecular flexibility index (Phi) is 25.1. The van der Waals surface area contributed by atoms with Gasteiger partial charge in [0.1, 0.15) is 51.4 Å². The molecular weight excluding hydrogens is 1270 g/mol. The van der Waals surface area contributed by atoms with Crippen LogP contribution >= 0.6 is 46.4 Å². The molecule has 8 aromatic heterocycles. The predicted molar refractivity (Wildman–Crippen MR) is 354 cm³/mol. The lowest BCUT2D eigenvalue weighted by atomic mass is 10.2. The second kappa shape index (κ2) is 31.8. The van der Waals surface area contributed by atoms with Crippen molar-refractivity contribution in [2.24, 2.45) is 0 Å². The van der Waals surface area contributed by atoms with Crippen LogP contribution in [0.15, 0.2) is 67.6 Å². The van der Waals surface area contributed by atoms with Crippen LogP contribution in [0.5, 0.6) is 0 Å². The van der Waals surface area contributed by atoms with Crippen molar-refractivity contribution in [3.63, 3.8) is 0 Å². The van der Waals surface area contributed by atoms with Crippen molar-refractivity contribution >= 4 is 135 Å². The number of carboxylic acid groups (broad SMARTS) is 1. The summed E-state index contributed by atoms with van der Waals surface area (Å²) in [5, 5.41) is 24.5. The van der Waals surface area contributed by atoms with E-state index in [2.05, 4.69) is 98.0 Å². The van der Waals surface area contributed by atoms with Gasteiger partial charge in [-0.05, 0) is 145 Å². The number of allylic oxidation sites excluding steroid dienone is 1. The van der Waals surface area contributed by atoms with Crippen LogP contribution in [-0.2, 0) is 62.8 Å². The summed E-state index contributed by atoms with van der Waals surface area (Å²) in [6.07, 6.45) is 10.5. The Labute approximate surface area is 547 Å². The summed E-state index contributed by atoms with van der Waals surface area (Å²) in [5.74, 6) is -1.10. The van der Waals surface area contributed by atoms with E-state index in [-0.39, 0.29) is 41.1 Å². The number of aldehydes is 1. The number of halogens is 4. The number of alkyl carbamates (subject to hydrolysis) is 3. The van der Waals surface area contributed by atoms with Crippen LogP contribution in [0, 0.1) is 0 Å². The van der Waals surface area contributed by atoms with Crippen LogP contribution in [0.1, 0.15) is 89.9 Å². The number of nitrogens with one attached hydrogen (secondary N) is 4. The zero-order valence-corrected chi connectivity index (χ0v) is 57.1. The van der Waals surface area contributed by atoms with E-state index >= 15 is 0 Å². The molecule has 9 heterocycles. The number of aromatic nitrogens is 12. The summed E-state index contributed by atoms with van der Waals surface area (Å²) in [5.41, 5.74) is 4.94. The van der Waals surface area contributed by atoms with Crippen molar-refractivity contribution in [3.8, 4) is 0 Å². The molecule has 1 aliphatic rings. The smallest absolute Gasteiger partial charge is 0.407 e. The number of fused-ring (bicyclic) bond motifs is 6. The largest absolute Gasteiger partial charge is 0.501 e. The summed E-state index contributed by atoms with van der Waals surface area (Å²) in [7, 11) is -1.12. The standard InChI is InChI=1S/C20H31ClN4O3Si.C15H19ClN4O3.C14H17ClN4O4.C11H11ClN4/c1-20(2,3)28-19(26)22-8-9-25-16(7-10-27-11-12-29(4,5)6)13-15-14-23-18(21)24-17(15)25;1-15(2,3)23-14(22)17-5-6-20-11(4-7-21)8-10-9-18-13(16)19-12(10)20;1-14(2,3)23-13(22)16-4-5-19-9(11(20)21)6-8-7-17-12(15)18-10(8)19;1-7-4-9-5-8-6-14-11(12)15-10(8)16(9)3-2-13-7/h7,10,13-14H,8-9,11-12H2,1-6H3,(H,22,26);7-9H,4-6H2,1-3H3,(H,17,22);6-7H,4-5H2,1-3H3,(H,16,22)(H,20,21);5-6,13H,1-4H2. The summed E-state index contributed by atoms with van der Waals surface area (Å²) in [4.78, 5) is 90.0. The number of amides is 3. The summed E-state index contributed by atoms with van der Waals surface area (Å²) in [6.45, 7) is 31.6. The number of rotatable bonds is 17. The van der Waals surface area contributed by atoms with E-state index in [1.807, 2.05) is 48.1 Å². The quantitative estimate of drug-likeness (QED) is 0.0141. The average molecular weight is 1350 g/mol. The van der Waals surface area contributed by atoms with Gasteiger partial charge in [-0.3, -0.25) is 0 Å². The van der Waals surface area contributed by atoms with Gasteiger partial charge in [0.25, 0.3) is 0 Å². The van der Waals surface area contributed by atoms with Gasteiger partial charge in [0.2, 0.25) is 21.1 Å². The first-order valence-electron chi connectivity index (χ1n) is 29.0. The van der Waals surface area contributed by atoms with Crippen molar-refractivity contribution in [1.29, 1.82) is 0 Å². The molecule has 0 aromatic carbocycles. The molecule has 1 aliphatic heterocycles. The van der Waals surface area contributed by atoms with Crippen molar-refractivity contribution in [1.82, 2.24) is 79.4 Å². The highest BCUT2D eigenvalue weighted by Crippen LogP contribution is 2.25. The molecule has 0 aliphatic carbocycles. The number of aromatic carboxylic acids is 1. The zero-order chi connectivity index (χ0) is 67.0. The SMILES string of the molecule is C=C1Cc2cc3cnc(Cl)nc3n2CCN1.CC(C)(C)OC(=O)NCCn1c(C(=O)O)cc2cnc(Cl)nc21.CC(C)(C)OC(=O)NCCn1c(C=COCC[Si](C)(C)C)cc2cnc(Cl)nc21.CC(C)(C)OC(=O)NCCn1c(CC=O)cc2cnc(Cl)nc21. The van der Waals surface area contributed by atoms with Crippen molar-refractivity contribution in [2.45, 2.75) is 144 Å². The van der Waals surface area contributed by atoms with Crippen LogP contribution in [-0.4, -0.2) is 151 Å². The fourth-order valence-electron chi connectivity index (χ4n) is 8.81. The lowest BCUT2D eigenvalue weighted by molar-refractivity contribution is -0.107. The van der Waals surface area contributed by atoms with Crippen molar-refractivity contribution in [3.05, 3.63) is 112 Å². The van der Waals surface area contributed by atoms with E-state index in [4.69, 9.17) is 65.4 Å². The molecule has 0 bridgehead atoms. The Bertz CT molecular complexity index is 3910. The van der Waals surface area contributed by atoms with Crippen LogP contribution in [0.3, 0.4) is 0 Å². The Balaban J connectivity index is 0.000000196. The highest BCUT2D eigenvalue weighted by atomic mass is 35.5. The maximum absolute atomic E-state index is 11.9. The highest BCUT2D eigenvalue weighted by Gasteiger charge is 2.22. The van der Waals surface area contributed by atoms with E-state index < -0.39 is 49.1 Å². The van der Waals surface area contributed by atoms with Crippen molar-refractivity contribution < 1.29 is 48.0 Å². The number of nitrogens with zero attached hydrogens (tertiary/aromatic N) is 12. The van der Waals surface area contributed by atoms with E-state index in [0.29, 0.717) is 60.4 Å². The number of carbonyl (C=O) groups is 5. The molecule has 26 nitrogen and oxygen atoms in total. The normalized spacial score (nSPS) is 12.5. The first-order valence-corrected chi connectivity index (χ1v) is 34.2. The number of hydrogen-bond acceptors (Lipinski definition) is 18. The fourth-order valence-corrected chi connectivity index (χ4v) is 10.1. The minimum atomic E-state index is -1.12. The fraction of sp³-hybridized carbons (Fsp3) is 0.450. The summed E-state index contributed by atoms with van der Waals surface area (Å²) >= 11 is 23.4. The molecule has 0 spiro atoms. The van der Waals surface area contributed by atoms with Gasteiger partial charge in [0, 0.05) is 142 Å². The van der Waals surface area contributed by atoms with Crippen molar-refractivity contribution in [2.75, 3.05) is 32.8 Å². The van der Waals surface area contributed by atoms with Crippen LogP contribution in [0.2, 0.25) is 46.8 Å². The Morgan fingerprint density at radius 2 is 1.07 bits per heavy atom. The molecule has 9 rings (SSSR count). The van der Waals surface area contributed by atoms with E-state index in [1.54, 1.807) is 66.4 Å². The second-order valence-corrected chi connectivity index (χ2v) is 31.8. The molecular formula is C60H78Cl4N16O10Si. The van der Waals surface area contributed by atoms with Gasteiger partial charge in [0.15, 0.2) is 0 Å². The van der Waals surface area contributed by atoms with Crippen LogP contribution in [0.25, 0.3) is 50.2 Å². The molecule has 3 amide bonds. The number of ether oxygens (including phenoxy) is 4. The maximum atomic E-state index is 11.9. The Morgan fingerprint density at radius 1 is 0.637 bits per heavy atom. The van der Waals surface area contributed by atoms with E-state index in [9.17, 15) is 29.1 Å². The van der Waals surface area contributed by atoms with Crippen LogP contribution in [0.4, 0.5) is 14.4 Å². The molecule has 31 heteroatoms. The molecule has 0 fully saturated rings. The molecule has 490 valence electrons. The molecule has 0 saturated heterocycles. The zero-order valence-electron chi connectivity index (χ0n) is 53.0. The lowest BCUT2D eigenvalue weighted by Gasteiger charge is -2.20. The van der Waals surface area contributed by atoms with Gasteiger partial charge in [-0.25, -0.2) is 39.1 Å². The third-order valence-corrected chi connectivity index (χ3v) is 15.0. The third kappa shape index (κ3) is 23.0. The third-order valence-electron chi connectivity index (χ3n) is 12.6. The predicted octanol–water partition coefficient (Wildman–Crippen LogP) is 11.3. The van der Waals surface area contributed by atoms with Gasteiger partial charge >= 0.3 is 24.2 Å². The Hall–Kier alpha value is -8.11. The van der Waals surface area contributed by atoms with Gasteiger partial charge in [-0.15, -0.1) is 0 Å². The topological polar surface area (TPSA) is 313 Å². The molecule has 91 heavy (non-hydrogen) atoms. The molecule has 0 radical (unpaired) electrons. The molecule has 8 aromatic rings. The monoisotopic (exact) mass is 1350 g/mol. The first-order chi connectivity index (χ1) is 42.6. The van der Waals surface area contributed by atoms with E-state index in [1.165, 1.54) is 22.5 Å². The van der Waals surface area contributed by atoms with Crippen LogP contribution < -0.4 is 21.3 Å². The summed E-state index contributed by atoms with van der Waals surface area (Å²) in [6, 6.07) is 8.47. The van der Waals surface area contributed by atoms with Gasteiger partial charge in [-0.2, -0.15) is 19.9 Å². The number of carbonyl (C=O) groups excluding carboxylic acids is 4. The molecule has 0 saturated carbocycles. The number of carboxylic acids is 1. The number of hydrogen-bond donors (Lipinski definition) is 5. The lowest BCUT2D eigenvalue weighted by Crippen LogP contribution is -2.34. The minimum Gasteiger partial charge on any atom is -0.501 e.